The molecule has 0 radical (unpaired) electrons. The number of likely N-dealkylation sites (tertiary alicyclic amines) is 1. The lowest BCUT2D eigenvalue weighted by Gasteiger charge is -2.38. The number of piperidine rings is 1. The number of benzene rings is 1. The predicted octanol–water partition coefficient (Wildman–Crippen LogP) is 0.436. The first-order valence-electron chi connectivity index (χ1n) is 7.87. The minimum Gasteiger partial charge on any atom is -0.348 e. The summed E-state index contributed by atoms with van der Waals surface area (Å²) in [6.45, 7) is 0.225. The normalized spacial score (nSPS) is 20.9. The monoisotopic (exact) mass is 328 g/mol. The Labute approximate surface area is 139 Å². The van der Waals surface area contributed by atoms with E-state index in [4.69, 9.17) is 0 Å². The molecule has 8 nitrogen and oxygen atoms in total. The first-order valence-corrected chi connectivity index (χ1v) is 7.87. The largest absolute Gasteiger partial charge is 0.348 e. The molecule has 0 bridgehead atoms. The fourth-order valence-corrected chi connectivity index (χ4v) is 3.11. The van der Waals surface area contributed by atoms with Crippen LogP contribution in [0.15, 0.2) is 30.3 Å². The lowest BCUT2D eigenvalue weighted by Crippen LogP contribution is -2.46. The summed E-state index contributed by atoms with van der Waals surface area (Å²) in [6.07, 6.45) is 0.907. The first kappa shape index (κ1) is 16.1. The third-order valence-electron chi connectivity index (χ3n) is 4.31. The Hall–Kier alpha value is -2.77. The van der Waals surface area contributed by atoms with Crippen LogP contribution in [-0.4, -0.2) is 44.0 Å². The van der Waals surface area contributed by atoms with Gasteiger partial charge < -0.3 is 10.2 Å². The molecule has 0 spiro atoms. The molecule has 8 heteroatoms. The zero-order valence-corrected chi connectivity index (χ0v) is 13.7. The molecule has 24 heavy (non-hydrogen) atoms. The zero-order chi connectivity index (χ0) is 17.1. The SMILES string of the molecule is CN1C(=O)CC[C@@H](C(=O)NCc2nnn(C)n2)[C@H]1c1ccccc1. The fraction of sp³-hybridized carbons (Fsp3) is 0.438. The Morgan fingerprint density at radius 2 is 2.04 bits per heavy atom. The number of aryl methyl sites for hydroxylation is 1. The summed E-state index contributed by atoms with van der Waals surface area (Å²) < 4.78 is 0. The van der Waals surface area contributed by atoms with Gasteiger partial charge in [-0.05, 0) is 17.2 Å². The molecule has 3 rings (SSSR count). The van der Waals surface area contributed by atoms with Gasteiger partial charge in [0.25, 0.3) is 0 Å². The highest BCUT2D eigenvalue weighted by atomic mass is 16.2. The molecular weight excluding hydrogens is 308 g/mol. The van der Waals surface area contributed by atoms with E-state index < -0.39 is 0 Å². The summed E-state index contributed by atoms with van der Waals surface area (Å²) in [7, 11) is 3.43. The summed E-state index contributed by atoms with van der Waals surface area (Å²) in [5, 5.41) is 14.5. The van der Waals surface area contributed by atoms with Crippen LogP contribution >= 0.6 is 0 Å². The number of carbonyl (C=O) groups excluding carboxylic acids is 2. The van der Waals surface area contributed by atoms with Crippen molar-refractivity contribution in [2.45, 2.75) is 25.4 Å². The van der Waals surface area contributed by atoms with E-state index in [1.54, 1.807) is 19.0 Å². The molecule has 0 aliphatic carbocycles. The number of tetrazole rings is 1. The summed E-state index contributed by atoms with van der Waals surface area (Å²) in [4.78, 5) is 27.8. The van der Waals surface area contributed by atoms with Crippen LogP contribution in [0.4, 0.5) is 0 Å². The van der Waals surface area contributed by atoms with Crippen LogP contribution in [0, 0.1) is 5.92 Å². The molecule has 2 heterocycles. The number of aromatic nitrogens is 4. The molecule has 0 unspecified atom stereocenters. The van der Waals surface area contributed by atoms with Gasteiger partial charge >= 0.3 is 0 Å². The van der Waals surface area contributed by atoms with E-state index in [1.807, 2.05) is 30.3 Å². The third kappa shape index (κ3) is 3.27. The Kier molecular flexibility index (Phi) is 4.54. The molecule has 1 fully saturated rings. The molecular formula is C16H20N6O2. The van der Waals surface area contributed by atoms with Crippen LogP contribution in [0.5, 0.6) is 0 Å². The molecule has 2 aromatic rings. The van der Waals surface area contributed by atoms with E-state index in [9.17, 15) is 9.59 Å². The highest BCUT2D eigenvalue weighted by Crippen LogP contribution is 2.35. The molecule has 1 aromatic carbocycles. The van der Waals surface area contributed by atoms with Gasteiger partial charge in [-0.1, -0.05) is 30.3 Å². The fourth-order valence-electron chi connectivity index (χ4n) is 3.11. The lowest BCUT2D eigenvalue weighted by atomic mass is 9.84. The standard InChI is InChI=1S/C16H20N6O2/c1-21-14(23)9-8-12(15(21)11-6-4-3-5-7-11)16(24)17-10-13-18-20-22(2)19-13/h3-7,12,15H,8-10H2,1-2H3,(H,17,24)/t12-,15-/m1/s1. The molecule has 0 saturated carbocycles. The highest BCUT2D eigenvalue weighted by Gasteiger charge is 2.38. The molecule has 1 N–H and O–H groups in total. The number of rotatable bonds is 4. The molecule has 2 atom stereocenters. The van der Waals surface area contributed by atoms with Crippen molar-refractivity contribution < 1.29 is 9.59 Å². The van der Waals surface area contributed by atoms with Crippen molar-refractivity contribution in [3.63, 3.8) is 0 Å². The number of nitrogens with zero attached hydrogens (tertiary/aromatic N) is 5. The van der Waals surface area contributed by atoms with Gasteiger partial charge in [0.2, 0.25) is 11.8 Å². The Bertz CT molecular complexity index is 729. The second kappa shape index (κ2) is 6.77. The molecule has 2 amide bonds. The topological polar surface area (TPSA) is 93.0 Å². The van der Waals surface area contributed by atoms with Gasteiger partial charge in [0.05, 0.1) is 25.6 Å². The van der Waals surface area contributed by atoms with E-state index in [-0.39, 0.29) is 30.3 Å². The highest BCUT2D eigenvalue weighted by molar-refractivity contribution is 5.84. The van der Waals surface area contributed by atoms with Crippen LogP contribution in [0.2, 0.25) is 0 Å². The zero-order valence-electron chi connectivity index (χ0n) is 13.7. The third-order valence-corrected chi connectivity index (χ3v) is 4.31. The molecule has 1 saturated heterocycles. The van der Waals surface area contributed by atoms with Crippen LogP contribution in [0.1, 0.15) is 30.3 Å². The number of carbonyl (C=O) groups is 2. The van der Waals surface area contributed by atoms with Crippen molar-refractivity contribution in [3.05, 3.63) is 41.7 Å². The second-order valence-corrected chi connectivity index (χ2v) is 5.92. The first-order chi connectivity index (χ1) is 11.6. The maximum absolute atomic E-state index is 12.7. The van der Waals surface area contributed by atoms with Gasteiger partial charge in [-0.25, -0.2) is 0 Å². The van der Waals surface area contributed by atoms with E-state index in [0.29, 0.717) is 18.7 Å². The quantitative estimate of drug-likeness (QED) is 0.879. The van der Waals surface area contributed by atoms with Crippen LogP contribution in [-0.2, 0) is 23.2 Å². The van der Waals surface area contributed by atoms with Gasteiger partial charge in [0.1, 0.15) is 0 Å². The van der Waals surface area contributed by atoms with E-state index in [0.717, 1.165) is 5.56 Å². The molecule has 1 aliphatic rings. The summed E-state index contributed by atoms with van der Waals surface area (Å²) in [5.74, 6) is 0.119. The molecule has 126 valence electrons. The average molecular weight is 328 g/mol. The maximum Gasteiger partial charge on any atom is 0.225 e. The number of hydrogen-bond donors (Lipinski definition) is 1. The van der Waals surface area contributed by atoms with Crippen molar-refractivity contribution in [1.29, 1.82) is 0 Å². The van der Waals surface area contributed by atoms with Crippen molar-refractivity contribution >= 4 is 11.8 Å². The van der Waals surface area contributed by atoms with Gasteiger partial charge in [-0.3, -0.25) is 9.59 Å². The van der Waals surface area contributed by atoms with Crippen molar-refractivity contribution in [3.8, 4) is 0 Å². The predicted molar refractivity (Wildman–Crippen MR) is 85.3 cm³/mol. The number of nitrogens with one attached hydrogen (secondary N) is 1. The lowest BCUT2D eigenvalue weighted by molar-refractivity contribution is -0.141. The summed E-state index contributed by atoms with van der Waals surface area (Å²) >= 11 is 0. The van der Waals surface area contributed by atoms with Crippen molar-refractivity contribution in [1.82, 2.24) is 30.4 Å². The van der Waals surface area contributed by atoms with E-state index in [1.165, 1.54) is 4.80 Å². The smallest absolute Gasteiger partial charge is 0.225 e. The van der Waals surface area contributed by atoms with Crippen LogP contribution in [0.25, 0.3) is 0 Å². The van der Waals surface area contributed by atoms with Gasteiger partial charge in [-0.2, -0.15) is 4.80 Å². The molecule has 1 aliphatic heterocycles. The van der Waals surface area contributed by atoms with Gasteiger partial charge in [0, 0.05) is 13.5 Å². The Morgan fingerprint density at radius 3 is 2.71 bits per heavy atom. The minimum atomic E-state index is -0.299. The summed E-state index contributed by atoms with van der Waals surface area (Å²) in [6, 6.07) is 9.39. The Balaban J connectivity index is 1.76. The summed E-state index contributed by atoms with van der Waals surface area (Å²) in [5.41, 5.74) is 0.964. The van der Waals surface area contributed by atoms with Crippen LogP contribution < -0.4 is 5.32 Å². The van der Waals surface area contributed by atoms with Gasteiger partial charge in [0.15, 0.2) is 5.82 Å². The molecule has 1 aromatic heterocycles. The van der Waals surface area contributed by atoms with Gasteiger partial charge in [-0.15, -0.1) is 10.2 Å². The number of hydrogen-bond acceptors (Lipinski definition) is 5. The van der Waals surface area contributed by atoms with Crippen molar-refractivity contribution in [2.75, 3.05) is 7.05 Å². The van der Waals surface area contributed by atoms with Crippen molar-refractivity contribution in [2.24, 2.45) is 13.0 Å². The van der Waals surface area contributed by atoms with E-state index in [2.05, 4.69) is 20.7 Å². The second-order valence-electron chi connectivity index (χ2n) is 5.92. The van der Waals surface area contributed by atoms with E-state index >= 15 is 0 Å². The minimum absolute atomic E-state index is 0.0588. The maximum atomic E-state index is 12.7. The Morgan fingerprint density at radius 1 is 1.29 bits per heavy atom. The van der Waals surface area contributed by atoms with Crippen LogP contribution in [0.3, 0.4) is 0 Å². The number of amides is 2. The average Bonchev–Trinajstić information content (AvgIpc) is 3.01.